The number of para-hydroxylation sites is 1. The van der Waals surface area contributed by atoms with Gasteiger partial charge in [0.1, 0.15) is 17.9 Å². The molecule has 6 heteroatoms. The Morgan fingerprint density at radius 1 is 1.19 bits per heavy atom. The fraction of sp³-hybridized carbons (Fsp3) is 0.300. The minimum Gasteiger partial charge on any atom is -0.484 e. The minimum atomic E-state index is -4.35. The van der Waals surface area contributed by atoms with Gasteiger partial charge in [-0.05, 0) is 30.2 Å². The highest BCUT2D eigenvalue weighted by atomic mass is 35.5. The topological polar surface area (TPSA) is 12.5 Å². The van der Waals surface area contributed by atoms with Crippen molar-refractivity contribution in [2.75, 3.05) is 6.54 Å². The highest BCUT2D eigenvalue weighted by Gasteiger charge is 2.44. The average Bonchev–Trinajstić information content (AvgIpc) is 2.78. The molecule has 1 heterocycles. The van der Waals surface area contributed by atoms with Crippen LogP contribution in [-0.4, -0.2) is 23.7 Å². The third-order valence-electron chi connectivity index (χ3n) is 4.47. The molecule has 138 valence electrons. The van der Waals surface area contributed by atoms with E-state index in [0.29, 0.717) is 10.8 Å². The number of rotatable bonds is 4. The summed E-state index contributed by atoms with van der Waals surface area (Å²) in [5, 5.41) is 0.569. The summed E-state index contributed by atoms with van der Waals surface area (Å²) < 4.78 is 47.0. The Labute approximate surface area is 155 Å². The van der Waals surface area contributed by atoms with Crippen molar-refractivity contribution in [1.82, 2.24) is 4.90 Å². The molecule has 3 rings (SSSR count). The Morgan fingerprint density at radius 3 is 2.54 bits per heavy atom. The van der Waals surface area contributed by atoms with Gasteiger partial charge in [-0.25, -0.2) is 0 Å². The van der Waals surface area contributed by atoms with Gasteiger partial charge in [0.05, 0.1) is 0 Å². The summed E-state index contributed by atoms with van der Waals surface area (Å²) in [5.74, 6) is 0.606. The number of hydrogen-bond donors (Lipinski definition) is 0. The van der Waals surface area contributed by atoms with Crippen LogP contribution in [0.25, 0.3) is 0 Å². The van der Waals surface area contributed by atoms with Crippen molar-refractivity contribution < 1.29 is 17.9 Å². The normalized spacial score (nSPS) is 19.2. The number of ether oxygens (including phenoxy) is 1. The molecule has 0 bridgehead atoms. The van der Waals surface area contributed by atoms with E-state index in [9.17, 15) is 13.2 Å². The molecule has 0 saturated carbocycles. The lowest BCUT2D eigenvalue weighted by atomic mass is 10.1. The molecule has 2 atom stereocenters. The molecule has 0 radical (unpaired) electrons. The van der Waals surface area contributed by atoms with Crippen molar-refractivity contribution in [2.24, 2.45) is 0 Å². The first-order chi connectivity index (χ1) is 12.4. The molecule has 1 aliphatic rings. The molecule has 0 fully saturated rings. The quantitative estimate of drug-likeness (QED) is 0.622. The summed E-state index contributed by atoms with van der Waals surface area (Å²) in [7, 11) is 0. The predicted octanol–water partition coefficient (Wildman–Crippen LogP) is 5.78. The molecular formula is C20H19ClF3NO. The van der Waals surface area contributed by atoms with E-state index in [1.54, 1.807) is 42.5 Å². The van der Waals surface area contributed by atoms with Gasteiger partial charge in [0.2, 0.25) is 0 Å². The Bertz CT molecular complexity index is 760. The first-order valence-electron chi connectivity index (χ1n) is 8.30. The molecule has 2 unspecified atom stereocenters. The Kier molecular flexibility index (Phi) is 5.58. The summed E-state index contributed by atoms with van der Waals surface area (Å²) in [6.07, 6.45) is -3.73. The second kappa shape index (κ2) is 7.72. The third-order valence-corrected chi connectivity index (χ3v) is 4.72. The second-order valence-electron chi connectivity index (χ2n) is 6.28. The summed E-state index contributed by atoms with van der Waals surface area (Å²) in [4.78, 5) is 1.42. The largest absolute Gasteiger partial charge is 0.484 e. The Balaban J connectivity index is 1.99. The van der Waals surface area contributed by atoms with Crippen LogP contribution in [0.3, 0.4) is 0 Å². The van der Waals surface area contributed by atoms with Gasteiger partial charge in [-0.15, -0.1) is 6.58 Å². The maximum Gasteiger partial charge on any atom is 0.404 e. The number of halogens is 4. The fourth-order valence-electron chi connectivity index (χ4n) is 3.17. The van der Waals surface area contributed by atoms with Gasteiger partial charge in [-0.2, -0.15) is 13.2 Å². The smallest absolute Gasteiger partial charge is 0.404 e. The highest BCUT2D eigenvalue weighted by molar-refractivity contribution is 6.30. The molecule has 2 nitrogen and oxygen atoms in total. The van der Waals surface area contributed by atoms with Gasteiger partial charge in [0.15, 0.2) is 0 Å². The average molecular weight is 382 g/mol. The SMILES string of the molecule is C=CCC(N1Cc2ccccc2OC(c2ccc(Cl)cc2)C1)C(F)(F)F. The molecule has 0 N–H and O–H groups in total. The van der Waals surface area contributed by atoms with E-state index in [4.69, 9.17) is 16.3 Å². The van der Waals surface area contributed by atoms with Gasteiger partial charge >= 0.3 is 6.18 Å². The summed E-state index contributed by atoms with van der Waals surface area (Å²) in [5.41, 5.74) is 1.53. The second-order valence-corrected chi connectivity index (χ2v) is 6.71. The van der Waals surface area contributed by atoms with Crippen LogP contribution in [0.15, 0.2) is 61.2 Å². The van der Waals surface area contributed by atoms with E-state index in [0.717, 1.165) is 11.1 Å². The van der Waals surface area contributed by atoms with Gasteiger partial charge < -0.3 is 4.74 Å². The van der Waals surface area contributed by atoms with E-state index in [1.165, 1.54) is 11.0 Å². The molecule has 2 aromatic rings. The van der Waals surface area contributed by atoms with E-state index in [1.807, 2.05) is 6.07 Å². The van der Waals surface area contributed by atoms with Crippen molar-refractivity contribution >= 4 is 11.6 Å². The van der Waals surface area contributed by atoms with E-state index >= 15 is 0 Å². The molecule has 26 heavy (non-hydrogen) atoms. The van der Waals surface area contributed by atoms with Crippen molar-refractivity contribution in [3.05, 3.63) is 77.3 Å². The molecule has 2 aromatic carbocycles. The van der Waals surface area contributed by atoms with Gasteiger partial charge in [-0.1, -0.05) is 48.0 Å². The number of nitrogens with zero attached hydrogens (tertiary/aromatic N) is 1. The molecular weight excluding hydrogens is 363 g/mol. The molecule has 0 saturated heterocycles. The van der Waals surface area contributed by atoms with Crippen molar-refractivity contribution in [1.29, 1.82) is 0 Å². The zero-order valence-electron chi connectivity index (χ0n) is 14.0. The third kappa shape index (κ3) is 4.22. The zero-order valence-corrected chi connectivity index (χ0v) is 14.8. The van der Waals surface area contributed by atoms with Crippen molar-refractivity contribution in [2.45, 2.75) is 31.3 Å². The minimum absolute atomic E-state index is 0.119. The van der Waals surface area contributed by atoms with Gasteiger partial charge in [0.25, 0.3) is 0 Å². The van der Waals surface area contributed by atoms with E-state index in [-0.39, 0.29) is 19.5 Å². The van der Waals surface area contributed by atoms with Crippen molar-refractivity contribution in [3.8, 4) is 5.75 Å². The lowest BCUT2D eigenvalue weighted by Crippen LogP contribution is -2.46. The van der Waals surface area contributed by atoms with E-state index in [2.05, 4.69) is 6.58 Å². The van der Waals surface area contributed by atoms with Crippen LogP contribution in [0, 0.1) is 0 Å². The van der Waals surface area contributed by atoms with Gasteiger partial charge in [0, 0.05) is 23.7 Å². The zero-order chi connectivity index (χ0) is 18.7. The summed E-state index contributed by atoms with van der Waals surface area (Å²) >= 11 is 5.93. The summed E-state index contributed by atoms with van der Waals surface area (Å²) in [6.45, 7) is 3.78. The first-order valence-corrected chi connectivity index (χ1v) is 8.68. The molecule has 0 spiro atoms. The summed E-state index contributed by atoms with van der Waals surface area (Å²) in [6, 6.07) is 12.6. The van der Waals surface area contributed by atoms with E-state index < -0.39 is 18.3 Å². The fourth-order valence-corrected chi connectivity index (χ4v) is 3.30. The van der Waals surface area contributed by atoms with Gasteiger partial charge in [-0.3, -0.25) is 4.90 Å². The molecule has 0 aliphatic carbocycles. The van der Waals surface area contributed by atoms with Crippen LogP contribution in [0.5, 0.6) is 5.75 Å². The Hall–Kier alpha value is -1.98. The predicted molar refractivity (Wildman–Crippen MR) is 96.3 cm³/mol. The number of alkyl halides is 3. The monoisotopic (exact) mass is 381 g/mol. The van der Waals surface area contributed by atoms with Crippen molar-refractivity contribution in [3.63, 3.8) is 0 Å². The molecule has 0 amide bonds. The Morgan fingerprint density at radius 2 is 1.88 bits per heavy atom. The standard InChI is InChI=1S/C20H19ClF3NO/c1-2-5-19(20(22,23)24)25-12-15-6-3-4-7-17(15)26-18(13-25)14-8-10-16(21)11-9-14/h2-4,6-11,18-19H,1,5,12-13H2. The number of hydrogen-bond acceptors (Lipinski definition) is 2. The van der Waals surface area contributed by atoms with Crippen LogP contribution in [0.1, 0.15) is 23.7 Å². The number of benzene rings is 2. The maximum absolute atomic E-state index is 13.6. The lowest BCUT2D eigenvalue weighted by Gasteiger charge is -2.33. The maximum atomic E-state index is 13.6. The molecule has 1 aliphatic heterocycles. The highest BCUT2D eigenvalue weighted by Crippen LogP contribution is 2.36. The molecule has 0 aromatic heterocycles. The number of fused-ring (bicyclic) bond motifs is 1. The van der Waals surface area contributed by atoms with Crippen LogP contribution in [-0.2, 0) is 6.54 Å². The van der Waals surface area contributed by atoms with Crippen LogP contribution in [0.2, 0.25) is 5.02 Å². The van der Waals surface area contributed by atoms with Crippen LogP contribution in [0.4, 0.5) is 13.2 Å². The van der Waals surface area contributed by atoms with Crippen LogP contribution < -0.4 is 4.74 Å². The van der Waals surface area contributed by atoms with Crippen LogP contribution >= 0.6 is 11.6 Å². The lowest BCUT2D eigenvalue weighted by molar-refractivity contribution is -0.186. The first kappa shape index (κ1) is 18.8.